The first-order valence-electron chi connectivity index (χ1n) is 8.74. The Morgan fingerprint density at radius 1 is 1.31 bits per heavy atom. The number of aromatic nitrogens is 1. The van der Waals surface area contributed by atoms with Crippen molar-refractivity contribution >= 4 is 16.9 Å². The molecule has 1 unspecified atom stereocenters. The van der Waals surface area contributed by atoms with Crippen LogP contribution in [0.25, 0.3) is 11.0 Å². The molecule has 1 aliphatic heterocycles. The van der Waals surface area contributed by atoms with Gasteiger partial charge in [-0.25, -0.2) is 0 Å². The number of rotatable bonds is 4. The highest BCUT2D eigenvalue weighted by molar-refractivity contribution is 5.80. The van der Waals surface area contributed by atoms with E-state index in [1.807, 2.05) is 0 Å². The Morgan fingerprint density at radius 2 is 2.04 bits per heavy atom. The van der Waals surface area contributed by atoms with E-state index in [-0.39, 0.29) is 23.3 Å². The second-order valence-corrected chi connectivity index (χ2v) is 7.29. The van der Waals surface area contributed by atoms with Gasteiger partial charge in [0.2, 0.25) is 0 Å². The van der Waals surface area contributed by atoms with Gasteiger partial charge in [-0.3, -0.25) is 4.79 Å². The molecule has 1 saturated carbocycles. The number of alkyl halides is 3. The number of aliphatic carboxylic acids is 1. The molecule has 0 radical (unpaired) electrons. The van der Waals surface area contributed by atoms with Crippen LogP contribution in [-0.4, -0.2) is 40.8 Å². The van der Waals surface area contributed by atoms with Gasteiger partial charge in [0.05, 0.1) is 17.2 Å². The zero-order valence-electron chi connectivity index (χ0n) is 14.0. The fourth-order valence-electron chi connectivity index (χ4n) is 3.90. The van der Waals surface area contributed by atoms with E-state index in [0.717, 1.165) is 56.7 Å². The highest BCUT2D eigenvalue weighted by Crippen LogP contribution is 2.41. The number of nitrogens with zero attached hydrogens (tertiary/aromatic N) is 2. The van der Waals surface area contributed by atoms with Crippen LogP contribution in [0.15, 0.2) is 22.7 Å². The second-order valence-electron chi connectivity index (χ2n) is 7.29. The second kappa shape index (κ2) is 6.26. The van der Waals surface area contributed by atoms with E-state index in [4.69, 9.17) is 9.63 Å². The van der Waals surface area contributed by atoms with Gasteiger partial charge < -0.3 is 14.5 Å². The molecule has 0 spiro atoms. The third-order valence-corrected chi connectivity index (χ3v) is 5.53. The highest BCUT2D eigenvalue weighted by atomic mass is 19.4. The maximum atomic E-state index is 12.8. The van der Waals surface area contributed by atoms with E-state index in [1.165, 1.54) is 6.07 Å². The summed E-state index contributed by atoms with van der Waals surface area (Å²) >= 11 is 0. The molecule has 2 fully saturated rings. The first-order chi connectivity index (χ1) is 12.3. The van der Waals surface area contributed by atoms with Crippen LogP contribution in [0.5, 0.6) is 0 Å². The molecule has 8 heteroatoms. The summed E-state index contributed by atoms with van der Waals surface area (Å²) in [4.78, 5) is 13.2. The fraction of sp³-hybridized carbons (Fsp3) is 0.556. The zero-order valence-corrected chi connectivity index (χ0v) is 14.0. The molecule has 1 N–H and O–H groups in total. The minimum absolute atomic E-state index is 0.152. The Balaban J connectivity index is 1.41. The lowest BCUT2D eigenvalue weighted by Gasteiger charge is -2.31. The van der Waals surface area contributed by atoms with Crippen LogP contribution in [0.2, 0.25) is 0 Å². The minimum atomic E-state index is -4.40. The molecule has 2 aliphatic rings. The maximum absolute atomic E-state index is 12.8. The first kappa shape index (κ1) is 17.3. The molecule has 140 valence electrons. The number of carbonyl (C=O) groups is 1. The van der Waals surface area contributed by atoms with Crippen molar-refractivity contribution < 1.29 is 27.6 Å². The smallest absolute Gasteiger partial charge is 0.416 e. The summed E-state index contributed by atoms with van der Waals surface area (Å²) in [7, 11) is 0. The van der Waals surface area contributed by atoms with Crippen molar-refractivity contribution in [2.45, 2.75) is 31.4 Å². The van der Waals surface area contributed by atoms with Gasteiger partial charge in [0.1, 0.15) is 0 Å². The van der Waals surface area contributed by atoms with Crippen LogP contribution < -0.4 is 0 Å². The van der Waals surface area contributed by atoms with Gasteiger partial charge in [-0.1, -0.05) is 5.16 Å². The van der Waals surface area contributed by atoms with E-state index in [0.29, 0.717) is 5.39 Å². The minimum Gasteiger partial charge on any atom is -0.481 e. The molecule has 0 amide bonds. The number of piperidine rings is 1. The first-order valence-corrected chi connectivity index (χ1v) is 8.74. The van der Waals surface area contributed by atoms with E-state index < -0.39 is 17.7 Å². The molecule has 1 saturated heterocycles. The molecule has 0 bridgehead atoms. The Bertz CT molecular complexity index is 825. The number of carboxylic acid groups (broad SMARTS) is 1. The van der Waals surface area contributed by atoms with E-state index >= 15 is 0 Å². The third kappa shape index (κ3) is 3.30. The summed E-state index contributed by atoms with van der Waals surface area (Å²) in [6.45, 7) is 2.48. The van der Waals surface area contributed by atoms with Gasteiger partial charge >= 0.3 is 12.1 Å². The molecule has 2 atom stereocenters. The van der Waals surface area contributed by atoms with Crippen LogP contribution in [-0.2, 0) is 11.0 Å². The Labute approximate surface area is 147 Å². The molecule has 26 heavy (non-hydrogen) atoms. The van der Waals surface area contributed by atoms with Gasteiger partial charge in [-0.15, -0.1) is 0 Å². The number of benzene rings is 1. The van der Waals surface area contributed by atoms with Crippen LogP contribution in [0.3, 0.4) is 0 Å². The van der Waals surface area contributed by atoms with Crippen molar-refractivity contribution in [3.63, 3.8) is 0 Å². The molecular formula is C18H19F3N2O3. The average Bonchev–Trinajstić information content (AvgIpc) is 3.23. The van der Waals surface area contributed by atoms with Crippen molar-refractivity contribution in [3.05, 3.63) is 29.5 Å². The van der Waals surface area contributed by atoms with Gasteiger partial charge in [0.15, 0.2) is 5.58 Å². The number of hydrogen-bond acceptors (Lipinski definition) is 4. The molecular weight excluding hydrogens is 349 g/mol. The summed E-state index contributed by atoms with van der Waals surface area (Å²) in [5.41, 5.74) is 0.155. The summed E-state index contributed by atoms with van der Waals surface area (Å²) in [5.74, 6) is -0.511. The van der Waals surface area contributed by atoms with Crippen molar-refractivity contribution in [3.8, 4) is 0 Å². The normalized spacial score (nSPS) is 24.9. The SMILES string of the molecule is O=C(O)[C@@H]1CC1CN1CCC(c2noc3cc(C(F)(F)F)ccc23)CC1. The molecule has 4 rings (SSSR count). The maximum Gasteiger partial charge on any atom is 0.416 e. The summed E-state index contributed by atoms with van der Waals surface area (Å²) in [6, 6.07) is 3.51. The van der Waals surface area contributed by atoms with Crippen molar-refractivity contribution in [2.75, 3.05) is 19.6 Å². The van der Waals surface area contributed by atoms with Crippen LogP contribution >= 0.6 is 0 Å². The summed E-state index contributed by atoms with van der Waals surface area (Å²) in [5, 5.41) is 13.7. The van der Waals surface area contributed by atoms with Gasteiger partial charge in [0.25, 0.3) is 0 Å². The van der Waals surface area contributed by atoms with Gasteiger partial charge in [-0.2, -0.15) is 13.2 Å². The molecule has 2 aromatic rings. The molecule has 1 aliphatic carbocycles. The number of likely N-dealkylation sites (tertiary alicyclic amines) is 1. The van der Waals surface area contributed by atoms with Crippen molar-refractivity contribution in [1.82, 2.24) is 10.1 Å². The van der Waals surface area contributed by atoms with Crippen molar-refractivity contribution in [1.29, 1.82) is 0 Å². The summed E-state index contributed by atoms with van der Waals surface area (Å²) in [6.07, 6.45) is -1.96. The predicted molar refractivity (Wildman–Crippen MR) is 86.7 cm³/mol. The molecule has 1 aromatic heterocycles. The lowest BCUT2D eigenvalue weighted by atomic mass is 9.91. The average molecular weight is 368 g/mol. The molecule has 5 nitrogen and oxygen atoms in total. The van der Waals surface area contributed by atoms with E-state index in [1.54, 1.807) is 0 Å². The topological polar surface area (TPSA) is 66.6 Å². The quantitative estimate of drug-likeness (QED) is 0.890. The zero-order chi connectivity index (χ0) is 18.5. The monoisotopic (exact) mass is 368 g/mol. The number of halogens is 3. The largest absolute Gasteiger partial charge is 0.481 e. The van der Waals surface area contributed by atoms with Gasteiger partial charge in [-0.05, 0) is 56.5 Å². The third-order valence-electron chi connectivity index (χ3n) is 5.53. The van der Waals surface area contributed by atoms with Crippen LogP contribution in [0.4, 0.5) is 13.2 Å². The number of carboxylic acids is 1. The summed E-state index contributed by atoms with van der Waals surface area (Å²) < 4.78 is 43.6. The van der Waals surface area contributed by atoms with Gasteiger partial charge in [0, 0.05) is 17.8 Å². The lowest BCUT2D eigenvalue weighted by Crippen LogP contribution is -2.35. The Hall–Kier alpha value is -2.09. The van der Waals surface area contributed by atoms with Crippen LogP contribution in [0.1, 0.15) is 36.4 Å². The highest BCUT2D eigenvalue weighted by Gasteiger charge is 2.44. The predicted octanol–water partition coefficient (Wildman–Crippen LogP) is 3.75. The number of fused-ring (bicyclic) bond motifs is 1. The van der Waals surface area contributed by atoms with Crippen LogP contribution in [0, 0.1) is 11.8 Å². The Kier molecular flexibility index (Phi) is 4.17. The standard InChI is InChI=1S/C18H19F3N2O3/c19-18(20,21)12-1-2-13-15(8-12)26-22-16(13)10-3-5-23(6-4-10)9-11-7-14(11)17(24)25/h1-2,8,10-11,14H,3-7,9H2,(H,24,25)/t11?,14-/m1/s1. The Morgan fingerprint density at radius 3 is 2.65 bits per heavy atom. The molecule has 2 heterocycles. The fourth-order valence-corrected chi connectivity index (χ4v) is 3.90. The molecule has 1 aromatic carbocycles. The lowest BCUT2D eigenvalue weighted by molar-refractivity contribution is -0.139. The van der Waals surface area contributed by atoms with E-state index in [2.05, 4.69) is 10.1 Å². The van der Waals surface area contributed by atoms with E-state index in [9.17, 15) is 18.0 Å². The number of hydrogen-bond donors (Lipinski definition) is 1. The van der Waals surface area contributed by atoms with Crippen molar-refractivity contribution in [2.24, 2.45) is 11.8 Å².